The van der Waals surface area contributed by atoms with E-state index < -0.39 is 11.7 Å². The second-order valence-electron chi connectivity index (χ2n) is 4.26. The molecule has 1 aromatic carbocycles. The average molecular weight is 429 g/mol. The highest BCUT2D eigenvalue weighted by Crippen LogP contribution is 2.35. The largest absolute Gasteiger partial charge is 0.416 e. The van der Waals surface area contributed by atoms with Crippen LogP contribution in [0.25, 0.3) is 0 Å². The number of anilines is 1. The Bertz CT molecular complexity index is 610. The third-order valence-corrected chi connectivity index (χ3v) is 4.96. The molecule has 2 rings (SSSR count). The molecule has 0 saturated heterocycles. The van der Waals surface area contributed by atoms with Crippen molar-refractivity contribution in [2.45, 2.75) is 19.1 Å². The van der Waals surface area contributed by atoms with E-state index in [1.807, 2.05) is 18.4 Å². The van der Waals surface area contributed by atoms with Crippen LogP contribution in [-0.4, -0.2) is 0 Å². The van der Waals surface area contributed by atoms with Crippen LogP contribution >= 0.6 is 43.2 Å². The van der Waals surface area contributed by atoms with Crippen molar-refractivity contribution in [3.63, 3.8) is 0 Å². The van der Waals surface area contributed by atoms with Gasteiger partial charge in [0.25, 0.3) is 0 Å². The molecule has 1 aromatic heterocycles. The fourth-order valence-corrected chi connectivity index (χ4v) is 3.66. The third kappa shape index (κ3) is 3.99. The predicted octanol–water partition coefficient (Wildman–Crippen LogP) is 6.47. The standard InChI is InChI=1S/C13H10Br2F3NS/c1-7(12-5-10(15)6-20-12)19-11-3-8(13(16,17)18)2-9(14)4-11/h2-7,19H,1H3. The van der Waals surface area contributed by atoms with Crippen LogP contribution in [0.2, 0.25) is 0 Å². The van der Waals surface area contributed by atoms with Crippen LogP contribution in [0.15, 0.2) is 38.6 Å². The number of rotatable bonds is 3. The molecule has 0 aliphatic heterocycles. The summed E-state index contributed by atoms with van der Waals surface area (Å²) in [6, 6.07) is 5.70. The lowest BCUT2D eigenvalue weighted by atomic mass is 10.1. The summed E-state index contributed by atoms with van der Waals surface area (Å²) in [6.07, 6.45) is -4.35. The SMILES string of the molecule is CC(Nc1cc(Br)cc(C(F)(F)F)c1)c1cc(Br)cs1. The zero-order valence-electron chi connectivity index (χ0n) is 10.3. The predicted molar refractivity (Wildman–Crippen MR) is 83.2 cm³/mol. The first-order valence-electron chi connectivity index (χ1n) is 5.64. The van der Waals surface area contributed by atoms with Gasteiger partial charge in [0, 0.05) is 24.9 Å². The van der Waals surface area contributed by atoms with E-state index in [0.29, 0.717) is 10.2 Å². The summed E-state index contributed by atoms with van der Waals surface area (Å²) in [7, 11) is 0. The van der Waals surface area contributed by atoms with Crippen molar-refractivity contribution in [1.82, 2.24) is 0 Å². The quantitative estimate of drug-likeness (QED) is 0.591. The van der Waals surface area contributed by atoms with Crippen molar-refractivity contribution in [1.29, 1.82) is 0 Å². The lowest BCUT2D eigenvalue weighted by Crippen LogP contribution is -2.08. The molecule has 20 heavy (non-hydrogen) atoms. The Morgan fingerprint density at radius 2 is 1.80 bits per heavy atom. The Morgan fingerprint density at radius 3 is 2.35 bits per heavy atom. The van der Waals surface area contributed by atoms with Crippen LogP contribution < -0.4 is 5.32 Å². The second-order valence-corrected chi connectivity index (χ2v) is 7.03. The van der Waals surface area contributed by atoms with Gasteiger partial charge in [-0.05, 0) is 47.1 Å². The van der Waals surface area contributed by atoms with Gasteiger partial charge in [0.2, 0.25) is 0 Å². The lowest BCUT2D eigenvalue weighted by Gasteiger charge is -2.16. The summed E-state index contributed by atoms with van der Waals surface area (Å²) < 4.78 is 39.6. The minimum atomic E-state index is -4.35. The summed E-state index contributed by atoms with van der Waals surface area (Å²) in [5, 5.41) is 5.02. The van der Waals surface area contributed by atoms with Gasteiger partial charge < -0.3 is 5.32 Å². The van der Waals surface area contributed by atoms with E-state index in [4.69, 9.17) is 0 Å². The van der Waals surface area contributed by atoms with Crippen LogP contribution in [0, 0.1) is 0 Å². The summed E-state index contributed by atoms with van der Waals surface area (Å²) in [5.74, 6) is 0. The molecule has 7 heteroatoms. The van der Waals surface area contributed by atoms with E-state index >= 15 is 0 Å². The number of thiophene rings is 1. The van der Waals surface area contributed by atoms with E-state index in [0.717, 1.165) is 21.5 Å². The fourth-order valence-electron chi connectivity index (χ4n) is 1.71. The Kier molecular flexibility index (Phi) is 4.81. The van der Waals surface area contributed by atoms with Crippen molar-refractivity contribution in [2.75, 3.05) is 5.32 Å². The first kappa shape index (κ1) is 15.9. The molecular formula is C13H10Br2F3NS. The number of alkyl halides is 3. The number of hydrogen-bond donors (Lipinski definition) is 1. The number of nitrogens with one attached hydrogen (secondary N) is 1. The van der Waals surface area contributed by atoms with Gasteiger partial charge in [-0.3, -0.25) is 0 Å². The molecule has 1 unspecified atom stereocenters. The molecule has 108 valence electrons. The van der Waals surface area contributed by atoms with Crippen molar-refractivity contribution in [3.8, 4) is 0 Å². The zero-order valence-corrected chi connectivity index (χ0v) is 14.3. The molecule has 0 fully saturated rings. The zero-order chi connectivity index (χ0) is 14.9. The van der Waals surface area contributed by atoms with E-state index in [-0.39, 0.29) is 6.04 Å². The minimum Gasteiger partial charge on any atom is -0.378 e. The molecule has 0 aliphatic rings. The van der Waals surface area contributed by atoms with Crippen molar-refractivity contribution in [2.24, 2.45) is 0 Å². The maximum absolute atomic E-state index is 12.8. The highest BCUT2D eigenvalue weighted by atomic mass is 79.9. The summed E-state index contributed by atoms with van der Waals surface area (Å²) in [4.78, 5) is 1.05. The Labute approximate surface area is 135 Å². The molecule has 0 spiro atoms. The van der Waals surface area contributed by atoms with E-state index in [2.05, 4.69) is 37.2 Å². The van der Waals surface area contributed by atoms with Gasteiger partial charge in [-0.25, -0.2) is 0 Å². The maximum atomic E-state index is 12.8. The molecule has 1 heterocycles. The van der Waals surface area contributed by atoms with Crippen molar-refractivity contribution in [3.05, 3.63) is 49.0 Å². The molecular weight excluding hydrogens is 419 g/mol. The molecule has 1 atom stereocenters. The van der Waals surface area contributed by atoms with Gasteiger partial charge in [0.15, 0.2) is 0 Å². The fraction of sp³-hybridized carbons (Fsp3) is 0.231. The van der Waals surface area contributed by atoms with Gasteiger partial charge in [0.1, 0.15) is 0 Å². The first-order valence-corrected chi connectivity index (χ1v) is 8.10. The Hall–Kier alpha value is -0.530. The van der Waals surface area contributed by atoms with Crippen LogP contribution in [0.3, 0.4) is 0 Å². The van der Waals surface area contributed by atoms with Gasteiger partial charge in [-0.15, -0.1) is 11.3 Å². The van der Waals surface area contributed by atoms with Gasteiger partial charge in [0.05, 0.1) is 11.6 Å². The van der Waals surface area contributed by atoms with Crippen molar-refractivity contribution < 1.29 is 13.2 Å². The Morgan fingerprint density at radius 1 is 1.10 bits per heavy atom. The average Bonchev–Trinajstić information content (AvgIpc) is 2.74. The third-order valence-electron chi connectivity index (χ3n) is 2.62. The Balaban J connectivity index is 2.23. The van der Waals surface area contributed by atoms with Crippen LogP contribution in [0.4, 0.5) is 18.9 Å². The number of hydrogen-bond acceptors (Lipinski definition) is 2. The van der Waals surface area contributed by atoms with Gasteiger partial charge in [-0.2, -0.15) is 13.2 Å². The van der Waals surface area contributed by atoms with Crippen molar-refractivity contribution >= 4 is 48.9 Å². The molecule has 0 radical (unpaired) electrons. The molecule has 1 nitrogen and oxygen atoms in total. The molecule has 1 N–H and O–H groups in total. The smallest absolute Gasteiger partial charge is 0.378 e. The molecule has 0 amide bonds. The van der Waals surface area contributed by atoms with Crippen LogP contribution in [-0.2, 0) is 6.18 Å². The summed E-state index contributed by atoms with van der Waals surface area (Å²) in [5.41, 5.74) is -0.238. The van der Waals surface area contributed by atoms with E-state index in [1.54, 1.807) is 17.4 Å². The molecule has 0 saturated carbocycles. The second kappa shape index (κ2) is 6.07. The summed E-state index contributed by atoms with van der Waals surface area (Å²) >= 11 is 8.02. The minimum absolute atomic E-state index is 0.0679. The first-order chi connectivity index (χ1) is 9.25. The lowest BCUT2D eigenvalue weighted by molar-refractivity contribution is -0.137. The van der Waals surface area contributed by atoms with Gasteiger partial charge >= 0.3 is 6.18 Å². The van der Waals surface area contributed by atoms with E-state index in [1.165, 1.54) is 0 Å². The summed E-state index contributed by atoms with van der Waals surface area (Å²) in [6.45, 7) is 1.91. The molecule has 2 aromatic rings. The van der Waals surface area contributed by atoms with Crippen LogP contribution in [0.1, 0.15) is 23.4 Å². The monoisotopic (exact) mass is 427 g/mol. The molecule has 0 aliphatic carbocycles. The highest BCUT2D eigenvalue weighted by molar-refractivity contribution is 9.10. The number of halogens is 5. The van der Waals surface area contributed by atoms with Crippen LogP contribution in [0.5, 0.6) is 0 Å². The normalized spacial score (nSPS) is 13.3. The van der Waals surface area contributed by atoms with Gasteiger partial charge in [-0.1, -0.05) is 15.9 Å². The number of benzene rings is 1. The van der Waals surface area contributed by atoms with E-state index in [9.17, 15) is 13.2 Å². The maximum Gasteiger partial charge on any atom is 0.416 e. The topological polar surface area (TPSA) is 12.0 Å². The molecule has 0 bridgehead atoms. The highest BCUT2D eigenvalue weighted by Gasteiger charge is 2.31.